The first-order valence-corrected chi connectivity index (χ1v) is 10.4. The van der Waals surface area contributed by atoms with E-state index in [9.17, 15) is 14.3 Å². The number of hydrogen-bond acceptors (Lipinski definition) is 6. The van der Waals surface area contributed by atoms with Crippen LogP contribution in [-0.2, 0) is 15.2 Å². The molecule has 13 heteroatoms. The molecule has 4 N–H and O–H groups in total. The van der Waals surface area contributed by atoms with Crippen LogP contribution in [-0.4, -0.2) is 53.3 Å². The number of carbonyl (C=O) groups is 2. The van der Waals surface area contributed by atoms with E-state index in [1.54, 1.807) is 16.8 Å². The first-order valence-electron chi connectivity index (χ1n) is 10.0. The second-order valence-corrected chi connectivity index (χ2v) is 8.59. The lowest BCUT2D eigenvalue weighted by molar-refractivity contribution is -0.123. The van der Waals surface area contributed by atoms with Gasteiger partial charge in [0, 0.05) is 22.7 Å². The minimum atomic E-state index is -1.49. The summed E-state index contributed by atoms with van der Waals surface area (Å²) in [5.41, 5.74) is -0.100. The zero-order valence-electron chi connectivity index (χ0n) is 17.9. The fourth-order valence-electron chi connectivity index (χ4n) is 3.68. The average molecular weight is 493 g/mol. The van der Waals surface area contributed by atoms with Crippen LogP contribution in [0, 0.1) is 11.7 Å². The predicted octanol–water partition coefficient (Wildman–Crippen LogP) is 3.29. The SMILES string of the molecule is CC(C)(O)c1c(F)c(Cl)c(-c2cn3cc(NC(=O)[C@@H]4C[C@@H]4F)nc3cn2)c2cn[nH]c12.O=CO. The zero-order valence-corrected chi connectivity index (χ0v) is 18.6. The molecule has 0 spiro atoms. The number of aromatic amines is 1. The lowest BCUT2D eigenvalue weighted by Gasteiger charge is -2.21. The summed E-state index contributed by atoms with van der Waals surface area (Å²) in [4.78, 5) is 28.9. The van der Waals surface area contributed by atoms with Crippen LogP contribution in [0.2, 0.25) is 5.02 Å². The van der Waals surface area contributed by atoms with E-state index in [1.807, 2.05) is 0 Å². The molecule has 1 saturated carbocycles. The highest BCUT2D eigenvalue weighted by molar-refractivity contribution is 6.35. The highest BCUT2D eigenvalue weighted by Crippen LogP contribution is 2.41. The molecule has 0 aliphatic heterocycles. The van der Waals surface area contributed by atoms with Gasteiger partial charge in [0.1, 0.15) is 6.17 Å². The molecule has 1 aliphatic rings. The number of nitrogens with zero attached hydrogens (tertiary/aromatic N) is 4. The summed E-state index contributed by atoms with van der Waals surface area (Å²) in [5.74, 6) is -1.57. The number of carbonyl (C=O) groups excluding carboxylic acids is 1. The maximum atomic E-state index is 15.2. The molecule has 1 fully saturated rings. The second-order valence-electron chi connectivity index (χ2n) is 8.21. The number of imidazole rings is 1. The summed E-state index contributed by atoms with van der Waals surface area (Å²) < 4.78 is 29.8. The van der Waals surface area contributed by atoms with Crippen molar-refractivity contribution >= 4 is 46.3 Å². The highest BCUT2D eigenvalue weighted by Gasteiger charge is 2.43. The Bertz CT molecular complexity index is 1410. The molecule has 178 valence electrons. The largest absolute Gasteiger partial charge is 0.483 e. The molecule has 0 saturated heterocycles. The van der Waals surface area contributed by atoms with Crippen LogP contribution in [0.4, 0.5) is 14.6 Å². The number of aromatic nitrogens is 5. The summed E-state index contributed by atoms with van der Waals surface area (Å²) >= 11 is 6.37. The van der Waals surface area contributed by atoms with Gasteiger partial charge in [0.05, 0.1) is 46.3 Å². The Hall–Kier alpha value is -3.64. The normalized spacial score (nSPS) is 17.4. The Balaban J connectivity index is 0.000000868. The first-order chi connectivity index (χ1) is 16.1. The van der Waals surface area contributed by atoms with Gasteiger partial charge in [-0.1, -0.05) is 11.6 Å². The van der Waals surface area contributed by atoms with E-state index in [-0.39, 0.29) is 29.3 Å². The molecule has 0 unspecified atom stereocenters. The number of alkyl halides is 1. The Morgan fingerprint density at radius 1 is 1.38 bits per heavy atom. The standard InChI is InChI=1S/C20H17ClF2N6O2.CH2O2/c1-20(2,31)15-17(23)16(21)14(9-4-25-28-18(9)15)11-6-29-7-12(26-13(29)5-24-11)27-19(30)8-3-10(8)22;2-1-3/h4-8,10,31H,3H2,1-2H3,(H,25,28)(H,27,30);1H,(H,2,3)/t8-,10+;/m1./s1. The van der Waals surface area contributed by atoms with Crippen LogP contribution in [0.1, 0.15) is 25.8 Å². The van der Waals surface area contributed by atoms with Crippen molar-refractivity contribution in [2.45, 2.75) is 32.0 Å². The summed E-state index contributed by atoms with van der Waals surface area (Å²) in [7, 11) is 0. The van der Waals surface area contributed by atoms with E-state index in [2.05, 4.69) is 25.5 Å². The molecule has 1 aromatic carbocycles. The van der Waals surface area contributed by atoms with Crippen LogP contribution in [0.15, 0.2) is 24.8 Å². The monoisotopic (exact) mass is 492 g/mol. The topological polar surface area (TPSA) is 145 Å². The second kappa shape index (κ2) is 8.61. The zero-order chi connectivity index (χ0) is 24.8. The summed E-state index contributed by atoms with van der Waals surface area (Å²) in [6.45, 7) is 2.67. The fraction of sp³-hybridized carbons (Fsp3) is 0.286. The summed E-state index contributed by atoms with van der Waals surface area (Å²) in [5, 5.41) is 26.9. The summed E-state index contributed by atoms with van der Waals surface area (Å²) in [6.07, 6.45) is 5.19. The third kappa shape index (κ3) is 4.17. The number of carboxylic acid groups (broad SMARTS) is 1. The van der Waals surface area contributed by atoms with Crippen molar-refractivity contribution in [1.82, 2.24) is 24.6 Å². The van der Waals surface area contributed by atoms with Crippen molar-refractivity contribution in [3.63, 3.8) is 0 Å². The summed E-state index contributed by atoms with van der Waals surface area (Å²) in [6, 6.07) is 0. The predicted molar refractivity (Wildman–Crippen MR) is 119 cm³/mol. The fourth-order valence-corrected chi connectivity index (χ4v) is 3.97. The molecule has 3 aromatic heterocycles. The molecule has 2 atom stereocenters. The molecule has 3 heterocycles. The van der Waals surface area contributed by atoms with Crippen LogP contribution < -0.4 is 5.32 Å². The van der Waals surface area contributed by atoms with Crippen LogP contribution in [0.5, 0.6) is 0 Å². The van der Waals surface area contributed by atoms with Gasteiger partial charge in [0.2, 0.25) is 5.91 Å². The maximum absolute atomic E-state index is 15.2. The number of aliphatic hydroxyl groups is 1. The Labute approximate surface area is 195 Å². The molecule has 1 amide bonds. The third-order valence-corrected chi connectivity index (χ3v) is 5.66. The number of hydrogen-bond donors (Lipinski definition) is 4. The number of amides is 1. The average Bonchev–Trinajstić information content (AvgIpc) is 3.13. The minimum absolute atomic E-state index is 0.00806. The number of rotatable bonds is 4. The molecule has 0 bridgehead atoms. The molecule has 34 heavy (non-hydrogen) atoms. The van der Waals surface area contributed by atoms with Crippen molar-refractivity contribution in [3.05, 3.63) is 41.2 Å². The maximum Gasteiger partial charge on any atom is 0.290 e. The van der Waals surface area contributed by atoms with Gasteiger partial charge in [-0.25, -0.2) is 13.8 Å². The van der Waals surface area contributed by atoms with Crippen molar-refractivity contribution in [3.8, 4) is 11.3 Å². The van der Waals surface area contributed by atoms with Crippen LogP contribution in [0.3, 0.4) is 0 Å². The molecule has 4 aromatic rings. The number of fused-ring (bicyclic) bond motifs is 2. The number of anilines is 1. The Kier molecular flexibility index (Phi) is 5.96. The van der Waals surface area contributed by atoms with E-state index < -0.39 is 29.4 Å². The number of nitrogens with one attached hydrogen (secondary N) is 2. The van der Waals surface area contributed by atoms with Crippen molar-refractivity contribution in [2.75, 3.05) is 5.32 Å². The first kappa shape index (κ1) is 23.5. The van der Waals surface area contributed by atoms with Gasteiger partial charge in [-0.15, -0.1) is 0 Å². The molecular formula is C21H19ClF2N6O4. The van der Waals surface area contributed by atoms with Gasteiger partial charge in [-0.3, -0.25) is 19.7 Å². The highest BCUT2D eigenvalue weighted by atomic mass is 35.5. The van der Waals surface area contributed by atoms with Gasteiger partial charge < -0.3 is 19.9 Å². The van der Waals surface area contributed by atoms with Gasteiger partial charge in [-0.2, -0.15) is 5.10 Å². The van der Waals surface area contributed by atoms with E-state index >= 15 is 4.39 Å². The van der Waals surface area contributed by atoms with Crippen molar-refractivity contribution in [1.29, 1.82) is 0 Å². The molecular weight excluding hydrogens is 474 g/mol. The smallest absolute Gasteiger partial charge is 0.290 e. The van der Waals surface area contributed by atoms with E-state index in [1.165, 1.54) is 26.2 Å². The Morgan fingerprint density at radius 2 is 2.06 bits per heavy atom. The number of benzene rings is 1. The van der Waals surface area contributed by atoms with Gasteiger partial charge >= 0.3 is 0 Å². The Morgan fingerprint density at radius 3 is 2.68 bits per heavy atom. The molecule has 0 radical (unpaired) electrons. The van der Waals surface area contributed by atoms with Gasteiger partial charge in [-0.05, 0) is 20.3 Å². The lowest BCUT2D eigenvalue weighted by Crippen LogP contribution is -2.19. The van der Waals surface area contributed by atoms with Crippen molar-refractivity contribution < 1.29 is 28.6 Å². The number of halogens is 3. The number of H-pyrrole nitrogens is 1. The molecule has 10 nitrogen and oxygen atoms in total. The van der Waals surface area contributed by atoms with Gasteiger partial charge in [0.25, 0.3) is 6.47 Å². The minimum Gasteiger partial charge on any atom is -0.483 e. The molecule has 5 rings (SSSR count). The molecule has 1 aliphatic carbocycles. The van der Waals surface area contributed by atoms with E-state index in [0.29, 0.717) is 27.8 Å². The van der Waals surface area contributed by atoms with E-state index in [0.717, 1.165) is 0 Å². The van der Waals surface area contributed by atoms with Crippen LogP contribution >= 0.6 is 11.6 Å². The van der Waals surface area contributed by atoms with E-state index in [4.69, 9.17) is 21.5 Å². The van der Waals surface area contributed by atoms with Gasteiger partial charge in [0.15, 0.2) is 17.3 Å². The van der Waals surface area contributed by atoms with Crippen molar-refractivity contribution in [2.24, 2.45) is 5.92 Å². The lowest BCUT2D eigenvalue weighted by atomic mass is 9.92. The third-order valence-electron chi connectivity index (χ3n) is 5.30. The quantitative estimate of drug-likeness (QED) is 0.320. The van der Waals surface area contributed by atoms with Crippen LogP contribution in [0.25, 0.3) is 27.8 Å².